The number of nitrogens with one attached hydrogen (secondary N) is 1. The van der Waals surface area contributed by atoms with Crippen LogP contribution in [0, 0.1) is 0 Å². The van der Waals surface area contributed by atoms with Gasteiger partial charge in [0.1, 0.15) is 5.52 Å². The number of aromatic nitrogens is 4. The highest BCUT2D eigenvalue weighted by Gasteiger charge is 2.04. The minimum atomic E-state index is 0. The summed E-state index contributed by atoms with van der Waals surface area (Å²) in [6.07, 6.45) is 1.49. The Morgan fingerprint density at radius 3 is 2.92 bits per heavy atom. The summed E-state index contributed by atoms with van der Waals surface area (Å²) in [4.78, 5) is 14.3. The average Bonchev–Trinajstić information content (AvgIpc) is 2.34. The minimum Gasteiger partial charge on any atom is -0.368 e. The number of nitrogens with zero attached hydrogens (tertiary/aromatic N) is 3. The maximum absolute atomic E-state index is 5.69. The SMILES string of the molecule is Cl.Nc1nc(Cl)c2nc[nH]c2n1. The second-order valence-electron chi connectivity index (χ2n) is 1.97. The van der Waals surface area contributed by atoms with Gasteiger partial charge in [0.25, 0.3) is 0 Å². The van der Waals surface area contributed by atoms with Crippen LogP contribution in [0.15, 0.2) is 6.33 Å². The van der Waals surface area contributed by atoms with Crippen molar-refractivity contribution in [1.82, 2.24) is 19.9 Å². The monoisotopic (exact) mass is 205 g/mol. The number of hydrogen-bond acceptors (Lipinski definition) is 4. The molecule has 0 aliphatic rings. The third-order valence-corrected chi connectivity index (χ3v) is 1.52. The van der Waals surface area contributed by atoms with Crippen molar-refractivity contribution in [3.8, 4) is 0 Å². The van der Waals surface area contributed by atoms with Gasteiger partial charge >= 0.3 is 0 Å². The quantitative estimate of drug-likeness (QED) is 0.630. The molecular formula is C5H5Cl2N5. The number of aromatic amines is 1. The van der Waals surface area contributed by atoms with Crippen LogP contribution in [0.5, 0.6) is 0 Å². The molecule has 0 radical (unpaired) electrons. The largest absolute Gasteiger partial charge is 0.368 e. The van der Waals surface area contributed by atoms with E-state index in [1.807, 2.05) is 0 Å². The second kappa shape index (κ2) is 3.12. The van der Waals surface area contributed by atoms with Crippen molar-refractivity contribution in [2.45, 2.75) is 0 Å². The van der Waals surface area contributed by atoms with Gasteiger partial charge in [-0.2, -0.15) is 9.97 Å². The molecule has 64 valence electrons. The molecular weight excluding hydrogens is 201 g/mol. The first-order valence-electron chi connectivity index (χ1n) is 2.89. The molecule has 7 heteroatoms. The molecule has 0 aromatic carbocycles. The van der Waals surface area contributed by atoms with Crippen LogP contribution in [0.25, 0.3) is 11.2 Å². The Balaban J connectivity index is 0.000000720. The predicted octanol–water partition coefficient (Wildman–Crippen LogP) is 1.01. The molecule has 0 unspecified atom stereocenters. The van der Waals surface area contributed by atoms with Crippen molar-refractivity contribution < 1.29 is 0 Å². The highest BCUT2D eigenvalue weighted by molar-refractivity contribution is 6.33. The molecule has 0 fully saturated rings. The number of halogens is 2. The van der Waals surface area contributed by atoms with Crippen molar-refractivity contribution in [3.63, 3.8) is 0 Å². The zero-order chi connectivity index (χ0) is 7.84. The summed E-state index contributed by atoms with van der Waals surface area (Å²) in [5.41, 5.74) is 6.43. The molecule has 0 aliphatic heterocycles. The summed E-state index contributed by atoms with van der Waals surface area (Å²) in [7, 11) is 0. The van der Waals surface area contributed by atoms with Crippen LogP contribution in [0.3, 0.4) is 0 Å². The number of hydrogen-bond donors (Lipinski definition) is 2. The maximum Gasteiger partial charge on any atom is 0.223 e. The van der Waals surface area contributed by atoms with E-state index in [0.717, 1.165) is 0 Å². The van der Waals surface area contributed by atoms with Crippen molar-refractivity contribution in [1.29, 1.82) is 0 Å². The number of rotatable bonds is 0. The van der Waals surface area contributed by atoms with E-state index in [-0.39, 0.29) is 23.5 Å². The van der Waals surface area contributed by atoms with Crippen LogP contribution in [-0.2, 0) is 0 Å². The van der Waals surface area contributed by atoms with Gasteiger partial charge in [0, 0.05) is 0 Å². The van der Waals surface area contributed by atoms with Crippen LogP contribution >= 0.6 is 24.0 Å². The summed E-state index contributed by atoms with van der Waals surface area (Å²) in [6.45, 7) is 0. The van der Waals surface area contributed by atoms with Gasteiger partial charge in [-0.25, -0.2) is 4.98 Å². The van der Waals surface area contributed by atoms with Crippen LogP contribution in [0.2, 0.25) is 5.15 Å². The van der Waals surface area contributed by atoms with E-state index >= 15 is 0 Å². The fraction of sp³-hybridized carbons (Fsp3) is 0. The minimum absolute atomic E-state index is 0. The number of anilines is 1. The first-order chi connectivity index (χ1) is 5.27. The molecule has 2 heterocycles. The third-order valence-electron chi connectivity index (χ3n) is 1.25. The molecule has 0 saturated carbocycles. The van der Waals surface area contributed by atoms with Crippen molar-refractivity contribution in [3.05, 3.63) is 11.5 Å². The average molecular weight is 206 g/mol. The second-order valence-corrected chi connectivity index (χ2v) is 2.33. The number of nitrogens with two attached hydrogens (primary N) is 1. The van der Waals surface area contributed by atoms with Crippen molar-refractivity contribution in [2.24, 2.45) is 0 Å². The molecule has 2 aromatic rings. The zero-order valence-corrected chi connectivity index (χ0v) is 7.35. The van der Waals surface area contributed by atoms with Gasteiger partial charge in [-0.1, -0.05) is 11.6 Å². The van der Waals surface area contributed by atoms with Gasteiger partial charge in [-0.3, -0.25) is 0 Å². The summed E-state index contributed by atoms with van der Waals surface area (Å²) >= 11 is 5.69. The molecule has 0 amide bonds. The molecule has 0 aliphatic carbocycles. The Morgan fingerprint density at radius 2 is 2.17 bits per heavy atom. The fourth-order valence-electron chi connectivity index (χ4n) is 0.817. The highest BCUT2D eigenvalue weighted by atomic mass is 35.5. The van der Waals surface area contributed by atoms with Gasteiger partial charge < -0.3 is 10.7 Å². The topological polar surface area (TPSA) is 80.5 Å². The molecule has 2 rings (SSSR count). The van der Waals surface area contributed by atoms with Gasteiger partial charge in [-0.05, 0) is 0 Å². The number of nitrogen functional groups attached to an aromatic ring is 1. The number of imidazole rings is 1. The standard InChI is InChI=1S/C5H4ClN5.ClH/c6-3-2-4(9-1-8-2)11-5(7)10-3;/h1H,(H3,7,8,9,10,11);1H. The zero-order valence-electron chi connectivity index (χ0n) is 5.78. The Labute approximate surface area is 78.8 Å². The lowest BCUT2D eigenvalue weighted by Crippen LogP contribution is -1.94. The third kappa shape index (κ3) is 1.28. The Kier molecular flexibility index (Phi) is 2.35. The Hall–Kier alpha value is -1.07. The van der Waals surface area contributed by atoms with E-state index in [2.05, 4.69) is 19.9 Å². The fourth-order valence-corrected chi connectivity index (χ4v) is 1.04. The van der Waals surface area contributed by atoms with E-state index in [9.17, 15) is 0 Å². The molecule has 0 spiro atoms. The number of H-pyrrole nitrogens is 1. The van der Waals surface area contributed by atoms with Gasteiger partial charge in [0.2, 0.25) is 5.95 Å². The molecule has 5 nitrogen and oxygen atoms in total. The predicted molar refractivity (Wildman–Crippen MR) is 48.4 cm³/mol. The van der Waals surface area contributed by atoms with Gasteiger partial charge in [0.05, 0.1) is 6.33 Å². The van der Waals surface area contributed by atoms with Gasteiger partial charge in [-0.15, -0.1) is 12.4 Å². The highest BCUT2D eigenvalue weighted by Crippen LogP contribution is 2.16. The van der Waals surface area contributed by atoms with E-state index in [4.69, 9.17) is 17.3 Å². The van der Waals surface area contributed by atoms with E-state index in [0.29, 0.717) is 11.2 Å². The van der Waals surface area contributed by atoms with Gasteiger partial charge in [0.15, 0.2) is 10.8 Å². The number of fused-ring (bicyclic) bond motifs is 1. The van der Waals surface area contributed by atoms with Crippen molar-refractivity contribution in [2.75, 3.05) is 5.73 Å². The van der Waals surface area contributed by atoms with Crippen LogP contribution in [0.4, 0.5) is 5.95 Å². The molecule has 2 aromatic heterocycles. The smallest absolute Gasteiger partial charge is 0.223 e. The van der Waals surface area contributed by atoms with Crippen LogP contribution in [0.1, 0.15) is 0 Å². The summed E-state index contributed by atoms with van der Waals surface area (Å²) in [6, 6.07) is 0. The lowest BCUT2D eigenvalue weighted by molar-refractivity contribution is 1.22. The van der Waals surface area contributed by atoms with E-state index < -0.39 is 0 Å². The lowest BCUT2D eigenvalue weighted by Gasteiger charge is -1.92. The Bertz CT molecular complexity index is 398. The summed E-state index contributed by atoms with van der Waals surface area (Å²) in [5.74, 6) is 0.145. The van der Waals surface area contributed by atoms with E-state index in [1.165, 1.54) is 6.33 Å². The first kappa shape index (κ1) is 9.02. The molecule has 0 atom stereocenters. The normalized spacial score (nSPS) is 9.75. The molecule has 3 N–H and O–H groups in total. The summed E-state index contributed by atoms with van der Waals surface area (Å²) < 4.78 is 0. The molecule has 0 saturated heterocycles. The van der Waals surface area contributed by atoms with Crippen LogP contribution in [-0.4, -0.2) is 19.9 Å². The first-order valence-corrected chi connectivity index (χ1v) is 3.27. The Morgan fingerprint density at radius 1 is 1.42 bits per heavy atom. The van der Waals surface area contributed by atoms with Crippen LogP contribution < -0.4 is 5.73 Å². The van der Waals surface area contributed by atoms with Crippen molar-refractivity contribution >= 4 is 41.1 Å². The summed E-state index contributed by atoms with van der Waals surface area (Å²) in [5, 5.41) is 0.272. The lowest BCUT2D eigenvalue weighted by atomic mass is 10.6. The molecule has 0 bridgehead atoms. The maximum atomic E-state index is 5.69. The van der Waals surface area contributed by atoms with E-state index in [1.54, 1.807) is 0 Å². The molecule has 12 heavy (non-hydrogen) atoms.